The molecule has 0 aromatic rings. The van der Waals surface area contributed by atoms with Crippen molar-refractivity contribution in [1.82, 2.24) is 8.15 Å². The normalized spacial score (nSPS) is 33.9. The first-order valence-corrected chi connectivity index (χ1v) is 11.4. The van der Waals surface area contributed by atoms with Crippen molar-refractivity contribution in [3.05, 3.63) is 0 Å². The number of hydrogen-bond acceptors (Lipinski definition) is 2. The van der Waals surface area contributed by atoms with Crippen LogP contribution in [0.15, 0.2) is 0 Å². The molecule has 1 saturated heterocycles. The van der Waals surface area contributed by atoms with E-state index < -0.39 is 17.1 Å². The van der Waals surface area contributed by atoms with E-state index >= 15 is 0 Å². The Labute approximate surface area is 108 Å². The van der Waals surface area contributed by atoms with E-state index in [-0.39, 0.29) is 11.1 Å². The van der Waals surface area contributed by atoms with Crippen molar-refractivity contribution in [2.45, 2.75) is 52.6 Å². The fraction of sp³-hybridized carbons (Fsp3) is 1.00. The molecule has 1 heterocycles. The van der Waals surface area contributed by atoms with Gasteiger partial charge in [-0.15, -0.1) is 0 Å². The highest BCUT2D eigenvalue weighted by atomic mass is 35.7. The summed E-state index contributed by atoms with van der Waals surface area (Å²) < 4.78 is 5.14. The van der Waals surface area contributed by atoms with Gasteiger partial charge in [-0.1, -0.05) is 11.2 Å². The van der Waals surface area contributed by atoms with Crippen LogP contribution in [0.5, 0.6) is 0 Å². The van der Waals surface area contributed by atoms with Gasteiger partial charge >= 0.3 is 0 Å². The summed E-state index contributed by atoms with van der Waals surface area (Å²) in [7, 11) is -2.62. The van der Waals surface area contributed by atoms with E-state index in [1.54, 1.807) is 0 Å². The highest BCUT2D eigenvalue weighted by Crippen LogP contribution is 2.93. The molecule has 0 aromatic carbocycles. The first kappa shape index (κ1) is 15.0. The Hall–Kier alpha value is 0.990. The highest BCUT2D eigenvalue weighted by Gasteiger charge is 2.62. The third-order valence-corrected chi connectivity index (χ3v) is 14.7. The van der Waals surface area contributed by atoms with Gasteiger partial charge in [0.2, 0.25) is 0 Å². The molecular formula is C11H28ClN2PS. The molecule has 1 fully saturated rings. The van der Waals surface area contributed by atoms with E-state index in [9.17, 15) is 0 Å². The smallest absolute Gasteiger partial charge is 0.157 e. The summed E-state index contributed by atoms with van der Waals surface area (Å²) in [6, 6.07) is 0. The monoisotopic (exact) mass is 286 g/mol. The summed E-state index contributed by atoms with van der Waals surface area (Å²) in [5, 5.41) is 0. The summed E-state index contributed by atoms with van der Waals surface area (Å²) in [5.74, 6) is 0. The number of halogens is 1. The Kier molecular flexibility index (Phi) is 3.30. The first-order chi connectivity index (χ1) is 6.68. The Morgan fingerprint density at radius 1 is 0.812 bits per heavy atom. The zero-order valence-electron chi connectivity index (χ0n) is 12.2. The molecule has 2 nitrogen and oxygen atoms in total. The number of thiol groups is 1. The van der Waals surface area contributed by atoms with Gasteiger partial charge in [0.1, 0.15) is 0 Å². The summed E-state index contributed by atoms with van der Waals surface area (Å²) in [4.78, 5) is 0. The van der Waals surface area contributed by atoms with Gasteiger partial charge in [0.15, 0.2) is 7.58 Å². The van der Waals surface area contributed by atoms with Crippen molar-refractivity contribution in [3.8, 4) is 0 Å². The van der Waals surface area contributed by atoms with Crippen molar-refractivity contribution in [2.75, 3.05) is 18.8 Å². The summed E-state index contributed by atoms with van der Waals surface area (Å²) in [5.41, 5.74) is 0.316. The average Bonchev–Trinajstić information content (AvgIpc) is 1.71. The molecule has 1 rings (SSSR count). The van der Waals surface area contributed by atoms with Gasteiger partial charge in [0, 0.05) is 11.1 Å². The zero-order chi connectivity index (χ0) is 13.2. The topological polar surface area (TPSA) is 6.48 Å². The second-order valence-corrected chi connectivity index (χ2v) is 16.7. The van der Waals surface area contributed by atoms with Crippen molar-refractivity contribution in [1.29, 1.82) is 0 Å². The van der Waals surface area contributed by atoms with Gasteiger partial charge in [-0.05, 0) is 60.3 Å². The molecule has 1 aliphatic heterocycles. The van der Waals surface area contributed by atoms with E-state index in [0.29, 0.717) is 0 Å². The Balaban J connectivity index is 3.17. The number of nitrogens with zero attached hydrogens (tertiary/aromatic N) is 2. The molecule has 0 atom stereocenters. The van der Waals surface area contributed by atoms with Crippen LogP contribution in [-0.2, 0) is 0 Å². The van der Waals surface area contributed by atoms with Crippen molar-refractivity contribution in [2.24, 2.45) is 0 Å². The third kappa shape index (κ3) is 2.14. The van der Waals surface area contributed by atoms with E-state index in [0.717, 1.165) is 0 Å². The SMILES string of the molecule is CC(C)(C)N1P(Cl)N(C(C)(C)C)[SH]1(C)(C)C. The summed E-state index contributed by atoms with van der Waals surface area (Å²) >= 11 is 6.67. The predicted molar refractivity (Wildman–Crippen MR) is 82.7 cm³/mol. The molecule has 1 aliphatic rings. The molecule has 0 radical (unpaired) electrons. The molecule has 0 aromatic heterocycles. The van der Waals surface area contributed by atoms with Crippen LogP contribution in [0.25, 0.3) is 0 Å². The minimum Gasteiger partial charge on any atom is -0.219 e. The maximum absolute atomic E-state index is 6.67. The lowest BCUT2D eigenvalue weighted by Crippen LogP contribution is -2.64. The van der Waals surface area contributed by atoms with Crippen LogP contribution in [0.1, 0.15) is 41.5 Å². The van der Waals surface area contributed by atoms with Crippen LogP contribution in [-0.4, -0.2) is 38.0 Å². The van der Waals surface area contributed by atoms with Gasteiger partial charge < -0.3 is 0 Å². The van der Waals surface area contributed by atoms with E-state index in [1.807, 2.05) is 0 Å². The van der Waals surface area contributed by atoms with Crippen LogP contribution in [0, 0.1) is 0 Å². The fourth-order valence-electron chi connectivity index (χ4n) is 3.20. The molecule has 0 unspecified atom stereocenters. The summed E-state index contributed by atoms with van der Waals surface area (Å²) in [6.07, 6.45) is 7.22. The standard InChI is InChI=1S/C11H28ClN2PS/c1-10(2,3)13-15(12)14(11(4,5)6)16(13,7,8)9/h16H,1-9H3. The Bertz CT molecular complexity index is 272. The lowest BCUT2D eigenvalue weighted by molar-refractivity contribution is 0.288. The van der Waals surface area contributed by atoms with Crippen LogP contribution in [0.4, 0.5) is 0 Å². The van der Waals surface area contributed by atoms with Gasteiger partial charge in [0.05, 0.1) is 0 Å². The molecule has 0 spiro atoms. The predicted octanol–water partition coefficient (Wildman–Crippen LogP) is 4.46. The largest absolute Gasteiger partial charge is 0.219 e. The Morgan fingerprint density at radius 3 is 1.19 bits per heavy atom. The van der Waals surface area contributed by atoms with Gasteiger partial charge in [-0.3, -0.25) is 0 Å². The van der Waals surface area contributed by atoms with Crippen LogP contribution < -0.4 is 0 Å². The molecule has 0 aliphatic carbocycles. The van der Waals surface area contributed by atoms with Crippen molar-refractivity contribution < 1.29 is 0 Å². The van der Waals surface area contributed by atoms with Gasteiger partial charge in [-0.25, -0.2) is 17.7 Å². The van der Waals surface area contributed by atoms with Crippen molar-refractivity contribution >= 4 is 28.3 Å². The minimum atomic E-state index is -1.96. The quantitative estimate of drug-likeness (QED) is 0.519. The fourth-order valence-corrected chi connectivity index (χ4v) is 18.7. The maximum atomic E-state index is 6.67. The van der Waals surface area contributed by atoms with Crippen LogP contribution in [0.3, 0.4) is 0 Å². The molecule has 0 amide bonds. The van der Waals surface area contributed by atoms with Gasteiger partial charge in [-0.2, -0.15) is 0 Å². The highest BCUT2D eigenvalue weighted by molar-refractivity contribution is 8.52. The maximum Gasteiger partial charge on any atom is 0.157 e. The Morgan fingerprint density at radius 2 is 1.06 bits per heavy atom. The zero-order valence-corrected chi connectivity index (χ0v) is 14.7. The first-order valence-electron chi connectivity index (χ1n) is 5.76. The molecule has 0 bridgehead atoms. The minimum absolute atomic E-state index is 0.158. The van der Waals surface area contributed by atoms with E-state index in [2.05, 4.69) is 68.5 Å². The van der Waals surface area contributed by atoms with E-state index in [1.165, 1.54) is 0 Å². The second-order valence-electron chi connectivity index (χ2n) is 7.79. The molecule has 0 saturated carbocycles. The number of rotatable bonds is 0. The molecular weight excluding hydrogens is 259 g/mol. The van der Waals surface area contributed by atoms with Gasteiger partial charge in [0.25, 0.3) is 0 Å². The molecule has 100 valence electrons. The number of hydrogen-bond donors (Lipinski definition) is 1. The van der Waals surface area contributed by atoms with Crippen LogP contribution in [0.2, 0.25) is 0 Å². The second kappa shape index (κ2) is 3.51. The van der Waals surface area contributed by atoms with Crippen molar-refractivity contribution in [3.63, 3.8) is 0 Å². The average molecular weight is 287 g/mol. The lowest BCUT2D eigenvalue weighted by Gasteiger charge is -2.83. The molecule has 0 N–H and O–H groups in total. The summed E-state index contributed by atoms with van der Waals surface area (Å²) in [6.45, 7) is 13.6. The molecule has 16 heavy (non-hydrogen) atoms. The molecule has 5 heteroatoms. The lowest BCUT2D eigenvalue weighted by atomic mass is 10.1. The van der Waals surface area contributed by atoms with Crippen LogP contribution >= 0.6 is 28.3 Å². The van der Waals surface area contributed by atoms with E-state index in [4.69, 9.17) is 11.2 Å². The third-order valence-electron chi connectivity index (χ3n) is 2.82.